The molecule has 0 spiro atoms. The molecule has 1 heterocycles. The first kappa shape index (κ1) is 31.7. The SMILES string of the molecule is CC(C(N)=O)N(c1ccc(F)cc1)c1nc(N)c(C(=O)c2ccc(OCC(=O)NCCC3C4CC5CC(C4)CC3(I)C5)cc2)s1. The van der Waals surface area contributed by atoms with Crippen LogP contribution in [0.15, 0.2) is 48.5 Å². The second-order valence-corrected chi connectivity index (χ2v) is 15.8. The molecule has 5 N–H and O–H groups in total. The maximum absolute atomic E-state index is 13.5. The van der Waals surface area contributed by atoms with Crippen molar-refractivity contribution in [3.05, 3.63) is 64.8 Å². The van der Waals surface area contributed by atoms with Crippen molar-refractivity contribution in [1.82, 2.24) is 10.3 Å². The van der Waals surface area contributed by atoms with E-state index in [1.54, 1.807) is 31.2 Å². The Hall–Kier alpha value is -3.26. The number of hydrogen-bond donors (Lipinski definition) is 3. The van der Waals surface area contributed by atoms with Crippen LogP contribution in [0.3, 0.4) is 0 Å². The predicted octanol–water partition coefficient (Wildman–Crippen LogP) is 5.62. The maximum Gasteiger partial charge on any atom is 0.257 e. The summed E-state index contributed by atoms with van der Waals surface area (Å²) in [5.74, 6) is 2.19. The van der Waals surface area contributed by atoms with Crippen molar-refractivity contribution >= 4 is 68.2 Å². The number of nitrogen functional groups attached to an aromatic ring is 1. The highest BCUT2D eigenvalue weighted by atomic mass is 127. The highest BCUT2D eigenvalue weighted by Crippen LogP contribution is 2.62. The summed E-state index contributed by atoms with van der Waals surface area (Å²) < 4.78 is 19.6. The zero-order valence-electron chi connectivity index (χ0n) is 25.0. The van der Waals surface area contributed by atoms with E-state index in [9.17, 15) is 18.8 Å². The Morgan fingerprint density at radius 3 is 2.40 bits per heavy atom. The molecular formula is C33H37FIN5O4S. The average molecular weight is 746 g/mol. The Kier molecular flexibility index (Phi) is 9.06. The van der Waals surface area contributed by atoms with Gasteiger partial charge in [-0.2, -0.15) is 0 Å². The number of alkyl halides is 1. The number of thiazole rings is 1. The molecule has 1 aromatic heterocycles. The average Bonchev–Trinajstić information content (AvgIpc) is 3.38. The Morgan fingerprint density at radius 2 is 1.78 bits per heavy atom. The van der Waals surface area contributed by atoms with Crippen molar-refractivity contribution in [2.45, 2.75) is 54.9 Å². The number of ketones is 1. The van der Waals surface area contributed by atoms with Crippen LogP contribution in [-0.2, 0) is 9.59 Å². The second kappa shape index (κ2) is 12.9. The molecular weight excluding hydrogens is 708 g/mol. The minimum Gasteiger partial charge on any atom is -0.484 e. The van der Waals surface area contributed by atoms with Gasteiger partial charge in [0.25, 0.3) is 5.91 Å². The lowest BCUT2D eigenvalue weighted by atomic mass is 9.51. The summed E-state index contributed by atoms with van der Waals surface area (Å²) in [7, 11) is 0. The summed E-state index contributed by atoms with van der Waals surface area (Å²) >= 11 is 3.75. The maximum atomic E-state index is 13.5. The van der Waals surface area contributed by atoms with E-state index in [1.165, 1.54) is 61.3 Å². The van der Waals surface area contributed by atoms with E-state index < -0.39 is 17.8 Å². The first-order valence-corrected chi connectivity index (χ1v) is 17.2. The number of carbonyl (C=O) groups excluding carboxylic acids is 3. The molecule has 4 unspecified atom stereocenters. The van der Waals surface area contributed by atoms with Gasteiger partial charge < -0.3 is 26.4 Å². The number of benzene rings is 2. The number of primary amides is 1. The highest BCUT2D eigenvalue weighted by molar-refractivity contribution is 14.1. The third-order valence-corrected chi connectivity index (χ3v) is 12.4. The monoisotopic (exact) mass is 745 g/mol. The van der Waals surface area contributed by atoms with Crippen LogP contribution < -0.4 is 26.4 Å². The topological polar surface area (TPSA) is 141 Å². The lowest BCUT2D eigenvalue weighted by Gasteiger charge is -2.59. The zero-order valence-corrected chi connectivity index (χ0v) is 28.0. The van der Waals surface area contributed by atoms with Gasteiger partial charge in [0.15, 0.2) is 11.7 Å². The Labute approximate surface area is 279 Å². The van der Waals surface area contributed by atoms with Gasteiger partial charge in [-0.3, -0.25) is 14.4 Å². The van der Waals surface area contributed by atoms with E-state index in [4.69, 9.17) is 16.2 Å². The van der Waals surface area contributed by atoms with Crippen LogP contribution in [0.1, 0.15) is 60.7 Å². The van der Waals surface area contributed by atoms with E-state index in [0.717, 1.165) is 35.5 Å². The summed E-state index contributed by atoms with van der Waals surface area (Å²) in [6.45, 7) is 2.14. The predicted molar refractivity (Wildman–Crippen MR) is 181 cm³/mol. The van der Waals surface area contributed by atoms with Gasteiger partial charge in [-0.1, -0.05) is 33.9 Å². The molecule has 4 fully saturated rings. The first-order chi connectivity index (χ1) is 21.5. The van der Waals surface area contributed by atoms with Crippen LogP contribution in [0.4, 0.5) is 21.0 Å². The lowest BCUT2D eigenvalue weighted by Crippen LogP contribution is -2.54. The standard InChI is InChI=1S/C33H37FIN5O4S/c1-18(31(37)43)40(24-6-4-23(34)5-7-24)32-39-30(36)29(45-32)28(42)21-2-8-25(9-3-21)44-17-27(41)38-11-10-26-22-13-19-12-20(14-22)16-33(26,35)15-19/h2-9,18-20,22,26H,10-17,36H2,1H3,(H2,37,43)(H,38,41). The number of amides is 2. The van der Waals surface area contributed by atoms with Crippen molar-refractivity contribution in [1.29, 1.82) is 0 Å². The van der Waals surface area contributed by atoms with Crippen LogP contribution in [0, 0.1) is 29.5 Å². The van der Waals surface area contributed by atoms with E-state index in [2.05, 4.69) is 32.9 Å². The third kappa shape index (κ3) is 6.67. The van der Waals surface area contributed by atoms with Gasteiger partial charge in [-0.25, -0.2) is 9.37 Å². The number of nitrogens with one attached hydrogen (secondary N) is 1. The summed E-state index contributed by atoms with van der Waals surface area (Å²) in [4.78, 5) is 44.0. The minimum atomic E-state index is -0.835. The molecule has 3 aromatic rings. The van der Waals surface area contributed by atoms with Crippen LogP contribution in [0.2, 0.25) is 0 Å². The van der Waals surface area contributed by atoms with Crippen LogP contribution >= 0.6 is 33.9 Å². The molecule has 0 saturated heterocycles. The van der Waals surface area contributed by atoms with Gasteiger partial charge in [-0.05, 0) is 118 Å². The van der Waals surface area contributed by atoms with E-state index in [1.807, 2.05) is 0 Å². The van der Waals surface area contributed by atoms with Crippen LogP contribution in [0.25, 0.3) is 0 Å². The fourth-order valence-electron chi connectivity index (χ4n) is 7.76. The molecule has 4 aliphatic carbocycles. The Morgan fingerprint density at radius 1 is 1.11 bits per heavy atom. The molecule has 0 aliphatic heterocycles. The molecule has 4 aliphatic rings. The number of carbonyl (C=O) groups is 3. The molecule has 4 atom stereocenters. The molecule has 9 nitrogen and oxygen atoms in total. The third-order valence-electron chi connectivity index (χ3n) is 9.65. The van der Waals surface area contributed by atoms with Gasteiger partial charge in [0.1, 0.15) is 28.3 Å². The zero-order chi connectivity index (χ0) is 31.9. The molecule has 4 bridgehead atoms. The normalized spacial score (nSPS) is 25.5. The van der Waals surface area contributed by atoms with Crippen molar-refractivity contribution < 1.29 is 23.5 Å². The van der Waals surface area contributed by atoms with Crippen molar-refractivity contribution in [3.8, 4) is 5.75 Å². The smallest absolute Gasteiger partial charge is 0.257 e. The number of nitrogens with two attached hydrogens (primary N) is 2. The van der Waals surface area contributed by atoms with Gasteiger partial charge in [0.2, 0.25) is 11.7 Å². The molecule has 238 valence electrons. The number of rotatable bonds is 12. The van der Waals surface area contributed by atoms with Crippen LogP contribution in [0.5, 0.6) is 5.75 Å². The molecule has 12 heteroatoms. The molecule has 45 heavy (non-hydrogen) atoms. The molecule has 2 aromatic carbocycles. The fourth-order valence-corrected chi connectivity index (χ4v) is 10.9. The fraction of sp³-hybridized carbons (Fsp3) is 0.455. The minimum absolute atomic E-state index is 0.00271. The quantitative estimate of drug-likeness (QED) is 0.124. The largest absolute Gasteiger partial charge is 0.484 e. The Bertz CT molecular complexity index is 1570. The number of ether oxygens (including phenoxy) is 1. The van der Waals surface area contributed by atoms with Gasteiger partial charge in [0, 0.05) is 21.2 Å². The number of halogens is 2. The van der Waals surface area contributed by atoms with Crippen LogP contribution in [-0.4, -0.2) is 45.2 Å². The second-order valence-electron chi connectivity index (χ2n) is 12.7. The van der Waals surface area contributed by atoms with Gasteiger partial charge in [0.05, 0.1) is 0 Å². The summed E-state index contributed by atoms with van der Waals surface area (Å²) in [6.07, 6.45) is 7.83. The molecule has 0 radical (unpaired) electrons. The van der Waals surface area contributed by atoms with Gasteiger partial charge in [-0.15, -0.1) is 0 Å². The van der Waals surface area contributed by atoms with Gasteiger partial charge >= 0.3 is 0 Å². The highest BCUT2D eigenvalue weighted by Gasteiger charge is 2.55. The first-order valence-electron chi connectivity index (χ1n) is 15.3. The van der Waals surface area contributed by atoms with E-state index in [0.29, 0.717) is 32.9 Å². The molecule has 7 rings (SSSR count). The van der Waals surface area contributed by atoms with Crippen molar-refractivity contribution in [2.75, 3.05) is 23.8 Å². The summed E-state index contributed by atoms with van der Waals surface area (Å²) in [5.41, 5.74) is 12.5. The summed E-state index contributed by atoms with van der Waals surface area (Å²) in [6, 6.07) is 11.1. The van der Waals surface area contributed by atoms with Crippen molar-refractivity contribution in [2.24, 2.45) is 29.4 Å². The molecule has 4 saturated carbocycles. The lowest BCUT2D eigenvalue weighted by molar-refractivity contribution is -0.123. The number of aromatic nitrogens is 1. The summed E-state index contributed by atoms with van der Waals surface area (Å²) in [5, 5.41) is 3.31. The molecule has 2 amide bonds. The number of nitrogens with zero attached hydrogens (tertiary/aromatic N) is 2. The Balaban J connectivity index is 1.03. The number of hydrogen-bond acceptors (Lipinski definition) is 8. The van der Waals surface area contributed by atoms with E-state index >= 15 is 0 Å². The van der Waals surface area contributed by atoms with E-state index in [-0.39, 0.29) is 34.1 Å². The van der Waals surface area contributed by atoms with Crippen molar-refractivity contribution in [3.63, 3.8) is 0 Å². The number of anilines is 3.